The SMILES string of the molecule is CC(C)c1cc(C(C)C)c(-c2ccc(-c3cc(-c4cccc5ccccc45)c4nc(-c5ccccc5N=Cc5cc(C(C)(C)C)ccc5O)sc4c3)cc2)c(C(C)C)c1. The largest absolute Gasteiger partial charge is 0.507 e. The van der Waals surface area contributed by atoms with Crippen LogP contribution in [-0.4, -0.2) is 16.3 Å². The van der Waals surface area contributed by atoms with E-state index in [4.69, 9.17) is 9.98 Å². The van der Waals surface area contributed by atoms with Crippen LogP contribution in [0.1, 0.15) is 108 Å². The Morgan fingerprint density at radius 1 is 0.610 bits per heavy atom. The van der Waals surface area contributed by atoms with Crippen molar-refractivity contribution in [2.24, 2.45) is 4.99 Å². The first-order valence-electron chi connectivity index (χ1n) is 20.9. The van der Waals surface area contributed by atoms with Crippen molar-refractivity contribution in [2.75, 3.05) is 0 Å². The second-order valence-electron chi connectivity index (χ2n) is 17.8. The van der Waals surface area contributed by atoms with Crippen molar-refractivity contribution >= 4 is 44.2 Å². The molecular formula is C55H54N2OS. The molecule has 0 radical (unpaired) electrons. The number of aromatic nitrogens is 1. The fourth-order valence-corrected chi connectivity index (χ4v) is 9.19. The van der Waals surface area contributed by atoms with E-state index in [0.29, 0.717) is 23.3 Å². The first-order valence-corrected chi connectivity index (χ1v) is 21.8. The Balaban J connectivity index is 1.26. The predicted molar refractivity (Wildman–Crippen MR) is 255 cm³/mol. The third kappa shape index (κ3) is 7.99. The summed E-state index contributed by atoms with van der Waals surface area (Å²) in [4.78, 5) is 10.4. The molecule has 8 aromatic rings. The van der Waals surface area contributed by atoms with E-state index in [1.165, 1.54) is 44.2 Å². The van der Waals surface area contributed by atoms with Crippen LogP contribution < -0.4 is 0 Å². The molecule has 4 heteroatoms. The summed E-state index contributed by atoms with van der Waals surface area (Å²) in [6.07, 6.45) is 1.77. The van der Waals surface area contributed by atoms with E-state index in [2.05, 4.69) is 159 Å². The summed E-state index contributed by atoms with van der Waals surface area (Å²) < 4.78 is 1.12. The number of para-hydroxylation sites is 1. The minimum atomic E-state index is -0.0495. The van der Waals surface area contributed by atoms with Crippen molar-refractivity contribution in [3.8, 4) is 49.7 Å². The predicted octanol–water partition coefficient (Wildman–Crippen LogP) is 16.2. The van der Waals surface area contributed by atoms with E-state index in [-0.39, 0.29) is 11.2 Å². The van der Waals surface area contributed by atoms with Crippen LogP contribution in [0.4, 0.5) is 5.69 Å². The highest BCUT2D eigenvalue weighted by Gasteiger charge is 2.21. The second kappa shape index (κ2) is 16.1. The van der Waals surface area contributed by atoms with Crippen LogP contribution in [0, 0.1) is 0 Å². The number of phenols is 1. The molecule has 0 amide bonds. The highest BCUT2D eigenvalue weighted by molar-refractivity contribution is 7.21. The van der Waals surface area contributed by atoms with Gasteiger partial charge in [-0.3, -0.25) is 4.99 Å². The Kier molecular flexibility index (Phi) is 10.9. The van der Waals surface area contributed by atoms with Crippen molar-refractivity contribution < 1.29 is 5.11 Å². The number of fused-ring (bicyclic) bond motifs is 2. The maximum Gasteiger partial charge on any atom is 0.126 e. The van der Waals surface area contributed by atoms with Gasteiger partial charge in [-0.05, 0) is 120 Å². The number of thiazole rings is 1. The van der Waals surface area contributed by atoms with Gasteiger partial charge in [0.25, 0.3) is 0 Å². The highest BCUT2D eigenvalue weighted by Crippen LogP contribution is 2.44. The normalized spacial score (nSPS) is 12.3. The van der Waals surface area contributed by atoms with Crippen LogP contribution in [0.25, 0.3) is 64.9 Å². The third-order valence-electron chi connectivity index (χ3n) is 11.6. The van der Waals surface area contributed by atoms with E-state index in [9.17, 15) is 5.11 Å². The number of aromatic hydroxyl groups is 1. The molecule has 59 heavy (non-hydrogen) atoms. The minimum absolute atomic E-state index is 0.0495. The van der Waals surface area contributed by atoms with Crippen LogP contribution in [-0.2, 0) is 5.41 Å². The summed E-state index contributed by atoms with van der Waals surface area (Å²) in [5, 5.41) is 14.1. The van der Waals surface area contributed by atoms with Crippen molar-refractivity contribution in [3.63, 3.8) is 0 Å². The molecule has 0 aliphatic carbocycles. The summed E-state index contributed by atoms with van der Waals surface area (Å²) in [6, 6.07) is 47.8. The average molecular weight is 791 g/mol. The molecule has 0 fully saturated rings. The molecule has 0 unspecified atom stereocenters. The fraction of sp³-hybridized carbons (Fsp3) is 0.236. The van der Waals surface area contributed by atoms with E-state index in [1.807, 2.05) is 30.3 Å². The first-order chi connectivity index (χ1) is 28.3. The molecule has 8 rings (SSSR count). The van der Waals surface area contributed by atoms with Gasteiger partial charge in [0.15, 0.2) is 0 Å². The standard InChI is InChI=1S/C55H54N2OS/c1-33(2)39-28-46(34(3)4)52(47(29-39)35(5)6)38-23-21-36(22-24-38)40-30-48(44-19-14-16-37-15-10-11-17-43(37)44)53-51(31-40)59-54(57-53)45-18-12-13-20-49(45)56-32-41-27-42(55(7,8)9)25-26-50(41)58/h10-35,58H,1-9H3. The molecule has 1 heterocycles. The van der Waals surface area contributed by atoms with Gasteiger partial charge in [-0.2, -0.15) is 0 Å². The number of hydrogen-bond donors (Lipinski definition) is 1. The lowest BCUT2D eigenvalue weighted by Crippen LogP contribution is -2.11. The van der Waals surface area contributed by atoms with Crippen LogP contribution in [0.3, 0.4) is 0 Å². The number of rotatable bonds is 9. The topological polar surface area (TPSA) is 45.5 Å². The summed E-state index contributed by atoms with van der Waals surface area (Å²) in [5.74, 6) is 1.51. The minimum Gasteiger partial charge on any atom is -0.507 e. The van der Waals surface area contributed by atoms with Crippen molar-refractivity contribution in [1.29, 1.82) is 0 Å². The van der Waals surface area contributed by atoms with E-state index in [1.54, 1.807) is 23.6 Å². The van der Waals surface area contributed by atoms with Gasteiger partial charge in [0.2, 0.25) is 0 Å². The van der Waals surface area contributed by atoms with Crippen LogP contribution in [0.5, 0.6) is 5.75 Å². The Hall–Kier alpha value is -5.84. The van der Waals surface area contributed by atoms with Crippen molar-refractivity contribution in [3.05, 3.63) is 161 Å². The van der Waals surface area contributed by atoms with Gasteiger partial charge in [0, 0.05) is 22.9 Å². The van der Waals surface area contributed by atoms with Gasteiger partial charge >= 0.3 is 0 Å². The second-order valence-corrected chi connectivity index (χ2v) is 18.9. The van der Waals surface area contributed by atoms with Gasteiger partial charge in [-0.15, -0.1) is 11.3 Å². The summed E-state index contributed by atoms with van der Waals surface area (Å²) in [7, 11) is 0. The quantitative estimate of drug-likeness (QED) is 0.148. The van der Waals surface area contributed by atoms with E-state index < -0.39 is 0 Å². The fourth-order valence-electron chi connectivity index (χ4n) is 8.13. The maximum absolute atomic E-state index is 10.8. The lowest BCUT2D eigenvalue weighted by atomic mass is 9.81. The number of aliphatic imine (C=N–C) groups is 1. The summed E-state index contributed by atoms with van der Waals surface area (Å²) in [6.45, 7) is 20.4. The van der Waals surface area contributed by atoms with Crippen LogP contribution in [0.2, 0.25) is 0 Å². The molecular weight excluding hydrogens is 737 g/mol. The molecule has 0 saturated carbocycles. The van der Waals surface area contributed by atoms with Gasteiger partial charge in [-0.25, -0.2) is 4.98 Å². The van der Waals surface area contributed by atoms with Crippen molar-refractivity contribution in [1.82, 2.24) is 4.98 Å². The van der Waals surface area contributed by atoms with Crippen LogP contribution >= 0.6 is 11.3 Å². The highest BCUT2D eigenvalue weighted by atomic mass is 32.1. The lowest BCUT2D eigenvalue weighted by Gasteiger charge is -2.23. The first kappa shape index (κ1) is 40.0. The van der Waals surface area contributed by atoms with E-state index in [0.717, 1.165) is 48.7 Å². The molecule has 1 aromatic heterocycles. The number of phenolic OH excluding ortho intramolecular Hbond substituents is 1. The Morgan fingerprint density at radius 3 is 1.95 bits per heavy atom. The molecule has 3 nitrogen and oxygen atoms in total. The maximum atomic E-state index is 10.8. The summed E-state index contributed by atoms with van der Waals surface area (Å²) >= 11 is 1.70. The molecule has 0 aliphatic rings. The number of hydrogen-bond acceptors (Lipinski definition) is 4. The molecule has 7 aromatic carbocycles. The molecule has 0 aliphatic heterocycles. The smallest absolute Gasteiger partial charge is 0.126 e. The zero-order valence-electron chi connectivity index (χ0n) is 35.8. The van der Waals surface area contributed by atoms with Gasteiger partial charge in [0.1, 0.15) is 10.8 Å². The molecule has 0 saturated heterocycles. The van der Waals surface area contributed by atoms with Crippen LogP contribution in [0.15, 0.2) is 138 Å². The zero-order valence-corrected chi connectivity index (χ0v) is 36.6. The van der Waals surface area contributed by atoms with Crippen molar-refractivity contribution in [2.45, 2.75) is 85.5 Å². The van der Waals surface area contributed by atoms with Gasteiger partial charge in [-0.1, -0.05) is 159 Å². The summed E-state index contributed by atoms with van der Waals surface area (Å²) in [5.41, 5.74) is 16.0. The number of benzene rings is 7. The lowest BCUT2D eigenvalue weighted by molar-refractivity contribution is 0.473. The molecule has 1 N–H and O–H groups in total. The third-order valence-corrected chi connectivity index (χ3v) is 12.6. The molecule has 296 valence electrons. The molecule has 0 atom stereocenters. The van der Waals surface area contributed by atoms with Gasteiger partial charge in [0.05, 0.1) is 15.9 Å². The van der Waals surface area contributed by atoms with Gasteiger partial charge < -0.3 is 5.11 Å². The Morgan fingerprint density at radius 2 is 1.25 bits per heavy atom. The zero-order chi connectivity index (χ0) is 41.6. The number of nitrogens with zero attached hydrogens (tertiary/aromatic N) is 2. The Labute approximate surface area is 354 Å². The molecule has 0 spiro atoms. The monoisotopic (exact) mass is 790 g/mol. The Bertz CT molecular complexity index is 2820. The van der Waals surface area contributed by atoms with E-state index >= 15 is 0 Å². The molecule has 0 bridgehead atoms. The average Bonchev–Trinajstić information content (AvgIpc) is 3.66.